The van der Waals surface area contributed by atoms with Crippen LogP contribution in [0.3, 0.4) is 0 Å². The van der Waals surface area contributed by atoms with Crippen molar-refractivity contribution in [1.29, 1.82) is 0 Å². The van der Waals surface area contributed by atoms with Gasteiger partial charge in [0.05, 0.1) is 13.2 Å². The summed E-state index contributed by atoms with van der Waals surface area (Å²) in [5, 5.41) is 9.90. The normalized spacial score (nSPS) is 7.92. The third-order valence-electron chi connectivity index (χ3n) is 1.90. The maximum Gasteiger partial charge on any atom is 0.239 e. The number of amides is 4. The van der Waals surface area contributed by atoms with E-state index in [0.717, 1.165) is 0 Å². The predicted molar refractivity (Wildman–Crippen MR) is 94.4 cm³/mol. The van der Waals surface area contributed by atoms with Crippen molar-refractivity contribution in [2.45, 2.75) is 35.1 Å². The van der Waals surface area contributed by atoms with Crippen molar-refractivity contribution in [2.24, 2.45) is 0 Å². The molecule has 0 spiro atoms. The van der Waals surface area contributed by atoms with Gasteiger partial charge in [0.1, 0.15) is 0 Å². The second kappa shape index (κ2) is 23.1. The quantitative estimate of drug-likeness (QED) is 0.477. The van der Waals surface area contributed by atoms with Crippen molar-refractivity contribution in [2.75, 3.05) is 40.4 Å². The smallest absolute Gasteiger partial charge is 0.239 e. The summed E-state index contributed by atoms with van der Waals surface area (Å²) in [6, 6.07) is 0. The van der Waals surface area contributed by atoms with E-state index in [-0.39, 0.29) is 37.6 Å². The maximum absolute atomic E-state index is 10.6. The Morgan fingerprint density at radius 3 is 1.62 bits per heavy atom. The summed E-state index contributed by atoms with van der Waals surface area (Å²) in [4.78, 5) is 40.7. The van der Waals surface area contributed by atoms with Crippen molar-refractivity contribution in [1.82, 2.24) is 21.3 Å². The second-order valence-electron chi connectivity index (χ2n) is 4.15. The summed E-state index contributed by atoms with van der Waals surface area (Å²) >= 11 is 0. The molecule has 0 fully saturated rings. The molecule has 24 heavy (non-hydrogen) atoms. The van der Waals surface area contributed by atoms with Crippen LogP contribution in [0, 0.1) is 0 Å². The van der Waals surface area contributed by atoms with Gasteiger partial charge in [-0.05, 0) is 6.92 Å². The molecule has 0 unspecified atom stereocenters. The highest BCUT2D eigenvalue weighted by molar-refractivity contribution is 5.83. The van der Waals surface area contributed by atoms with Gasteiger partial charge in [0.15, 0.2) is 0 Å². The number of methoxy groups -OCH3 is 1. The zero-order chi connectivity index (χ0) is 18.7. The Labute approximate surface area is 145 Å². The Kier molecular flexibility index (Phi) is 28.7. The summed E-state index contributed by atoms with van der Waals surface area (Å²) in [7, 11) is 3.20. The predicted octanol–water partition coefficient (Wildman–Crippen LogP) is -0.584. The first-order chi connectivity index (χ1) is 10.7. The number of nitrogens with one attached hydrogen (secondary N) is 4. The van der Waals surface area contributed by atoms with Crippen LogP contribution in [-0.2, 0) is 23.9 Å². The zero-order valence-corrected chi connectivity index (χ0v) is 14.9. The molecule has 0 aromatic carbocycles. The third kappa shape index (κ3) is 42.7. The Balaban J connectivity index is -0.000000129. The van der Waals surface area contributed by atoms with E-state index >= 15 is 0 Å². The van der Waals surface area contributed by atoms with Crippen LogP contribution in [0.1, 0.15) is 35.1 Å². The van der Waals surface area contributed by atoms with Gasteiger partial charge in [-0.25, -0.2) is 0 Å². The van der Waals surface area contributed by atoms with Crippen LogP contribution in [0.2, 0.25) is 0 Å². The highest BCUT2D eigenvalue weighted by Crippen LogP contribution is 1.64. The van der Waals surface area contributed by atoms with Crippen molar-refractivity contribution in [3.8, 4) is 0 Å². The fourth-order valence-electron chi connectivity index (χ4n) is 0.794. The Morgan fingerprint density at radius 1 is 0.875 bits per heavy atom. The van der Waals surface area contributed by atoms with Crippen LogP contribution in [0.4, 0.5) is 0 Å². The molecule has 4 N–H and O–H groups in total. The number of carbonyl (C=O) groups is 4. The SMILES string of the molecule is C.CCNC(=O)CNC(C)=O.CNC(C)=O.COCCNC(C)=O. The molecular formula is C15H34N4O5. The van der Waals surface area contributed by atoms with Crippen molar-refractivity contribution in [3.63, 3.8) is 0 Å². The standard InChI is InChI=1S/C6H12N2O2.C5H11NO2.C3H7NO.CH4/c1-3-7-6(10)4-8-5(2)9;1-5(7)6-3-4-8-2;1-3(5)4-2;/h3-4H2,1-2H3,(H,7,10)(H,8,9);3-4H2,1-2H3,(H,6,7);1-2H3,(H,4,5);1H4. The number of hydrogen-bond acceptors (Lipinski definition) is 5. The van der Waals surface area contributed by atoms with Crippen molar-refractivity contribution in [3.05, 3.63) is 0 Å². The molecule has 0 aromatic heterocycles. The van der Waals surface area contributed by atoms with Gasteiger partial charge in [-0.2, -0.15) is 0 Å². The van der Waals surface area contributed by atoms with Crippen LogP contribution >= 0.6 is 0 Å². The molecule has 0 aliphatic heterocycles. The molecule has 0 rings (SSSR count). The molecule has 144 valence electrons. The molecule has 0 heterocycles. The minimum absolute atomic E-state index is 0. The van der Waals surface area contributed by atoms with E-state index < -0.39 is 0 Å². The van der Waals surface area contributed by atoms with Gasteiger partial charge in [-0.1, -0.05) is 7.43 Å². The van der Waals surface area contributed by atoms with E-state index in [1.807, 2.05) is 6.92 Å². The monoisotopic (exact) mass is 350 g/mol. The van der Waals surface area contributed by atoms with Crippen LogP contribution in [0.5, 0.6) is 0 Å². The highest BCUT2D eigenvalue weighted by Gasteiger charge is 1.97. The molecule has 0 saturated heterocycles. The zero-order valence-electron chi connectivity index (χ0n) is 14.9. The fraction of sp³-hybridized carbons (Fsp3) is 0.733. The number of likely N-dealkylation sites (N-methyl/N-ethyl adjacent to an activating group) is 1. The molecule has 9 nitrogen and oxygen atoms in total. The van der Waals surface area contributed by atoms with Crippen LogP contribution in [-0.4, -0.2) is 64.0 Å². The minimum Gasteiger partial charge on any atom is -0.383 e. The van der Waals surface area contributed by atoms with Crippen LogP contribution < -0.4 is 21.3 Å². The second-order valence-corrected chi connectivity index (χ2v) is 4.15. The summed E-state index contributed by atoms with van der Waals surface area (Å²) in [6.07, 6.45) is 0. The largest absolute Gasteiger partial charge is 0.383 e. The number of hydrogen-bond donors (Lipinski definition) is 4. The molecule has 0 atom stereocenters. The number of rotatable bonds is 6. The lowest BCUT2D eigenvalue weighted by molar-refractivity contribution is -0.124. The van der Waals surface area contributed by atoms with Gasteiger partial charge in [0.2, 0.25) is 23.6 Å². The van der Waals surface area contributed by atoms with Gasteiger partial charge in [0, 0.05) is 48.0 Å². The maximum atomic E-state index is 10.6. The molecular weight excluding hydrogens is 316 g/mol. The number of ether oxygens (including phenoxy) is 1. The van der Waals surface area contributed by atoms with Gasteiger partial charge in [0.25, 0.3) is 0 Å². The average Bonchev–Trinajstić information content (AvgIpc) is 2.46. The molecule has 0 aromatic rings. The number of carbonyl (C=O) groups excluding carboxylic acids is 4. The van der Waals surface area contributed by atoms with Crippen LogP contribution in [0.25, 0.3) is 0 Å². The molecule has 4 amide bonds. The topological polar surface area (TPSA) is 126 Å². The summed E-state index contributed by atoms with van der Waals surface area (Å²) in [5.41, 5.74) is 0. The Morgan fingerprint density at radius 2 is 1.33 bits per heavy atom. The van der Waals surface area contributed by atoms with Crippen molar-refractivity contribution >= 4 is 23.6 Å². The van der Waals surface area contributed by atoms with E-state index in [4.69, 9.17) is 0 Å². The Bertz CT molecular complexity index is 349. The third-order valence-corrected chi connectivity index (χ3v) is 1.90. The van der Waals surface area contributed by atoms with Gasteiger partial charge >= 0.3 is 0 Å². The molecule has 0 aliphatic carbocycles. The minimum atomic E-state index is -0.189. The first-order valence-electron chi connectivity index (χ1n) is 7.13. The van der Waals surface area contributed by atoms with E-state index in [2.05, 4.69) is 26.0 Å². The van der Waals surface area contributed by atoms with E-state index in [0.29, 0.717) is 19.7 Å². The van der Waals surface area contributed by atoms with E-state index in [1.54, 1.807) is 14.2 Å². The fourth-order valence-corrected chi connectivity index (χ4v) is 0.794. The lowest BCUT2D eigenvalue weighted by Gasteiger charge is -2.00. The molecule has 0 saturated carbocycles. The molecule has 0 bridgehead atoms. The van der Waals surface area contributed by atoms with E-state index in [1.165, 1.54) is 20.8 Å². The lowest BCUT2D eigenvalue weighted by Crippen LogP contribution is -2.35. The van der Waals surface area contributed by atoms with Gasteiger partial charge in [-0.15, -0.1) is 0 Å². The Hall–Kier alpha value is -2.16. The molecule has 9 heteroatoms. The first kappa shape index (κ1) is 29.8. The lowest BCUT2D eigenvalue weighted by atomic mass is 10.5. The van der Waals surface area contributed by atoms with Crippen LogP contribution in [0.15, 0.2) is 0 Å². The molecule has 0 aliphatic rings. The van der Waals surface area contributed by atoms with E-state index in [9.17, 15) is 19.2 Å². The average molecular weight is 350 g/mol. The summed E-state index contributed by atoms with van der Waals surface area (Å²) in [6.45, 7) is 8.01. The van der Waals surface area contributed by atoms with Crippen molar-refractivity contribution < 1.29 is 23.9 Å². The van der Waals surface area contributed by atoms with Gasteiger partial charge in [-0.3, -0.25) is 19.2 Å². The van der Waals surface area contributed by atoms with Gasteiger partial charge < -0.3 is 26.0 Å². The molecule has 0 radical (unpaired) electrons. The summed E-state index contributed by atoms with van der Waals surface area (Å²) in [5.74, 6) is -0.351. The first-order valence-corrected chi connectivity index (χ1v) is 7.13. The summed E-state index contributed by atoms with van der Waals surface area (Å²) < 4.78 is 4.68. The highest BCUT2D eigenvalue weighted by atomic mass is 16.5.